The molecule has 2 unspecified atom stereocenters. The van der Waals surface area contributed by atoms with Gasteiger partial charge in [-0.05, 0) is 0 Å². The van der Waals surface area contributed by atoms with Gasteiger partial charge in [-0.2, -0.15) is 13.2 Å². The van der Waals surface area contributed by atoms with E-state index in [4.69, 9.17) is 5.11 Å². The molecular formula is C4H5F4NO2. The van der Waals surface area contributed by atoms with Crippen molar-refractivity contribution in [1.29, 1.82) is 0 Å². The molecule has 0 aliphatic heterocycles. The molecule has 0 rings (SSSR count). The minimum atomic E-state index is -5.21. The highest BCUT2D eigenvalue weighted by atomic mass is 19.4. The van der Waals surface area contributed by atoms with Gasteiger partial charge >= 0.3 is 12.1 Å². The molecule has 66 valence electrons. The lowest BCUT2D eigenvalue weighted by molar-refractivity contribution is -0.191. The van der Waals surface area contributed by atoms with Gasteiger partial charge in [-0.1, -0.05) is 0 Å². The van der Waals surface area contributed by atoms with Crippen LogP contribution in [0, 0.1) is 0 Å². The first-order valence-electron chi connectivity index (χ1n) is 2.46. The van der Waals surface area contributed by atoms with Crippen LogP contribution in [-0.4, -0.2) is 29.5 Å². The van der Waals surface area contributed by atoms with Crippen molar-refractivity contribution in [2.24, 2.45) is 5.73 Å². The predicted octanol–water partition coefficient (Wildman–Crippen LogP) is 0.299. The van der Waals surface area contributed by atoms with E-state index in [9.17, 15) is 22.4 Å². The van der Waals surface area contributed by atoms with Crippen LogP contribution in [0.3, 0.4) is 0 Å². The molecule has 0 heterocycles. The van der Waals surface area contributed by atoms with E-state index in [0.717, 1.165) is 0 Å². The summed E-state index contributed by atoms with van der Waals surface area (Å²) >= 11 is 0. The maximum Gasteiger partial charge on any atom is 0.421 e. The first-order valence-corrected chi connectivity index (χ1v) is 2.46. The van der Waals surface area contributed by atoms with Crippen molar-refractivity contribution in [2.75, 3.05) is 0 Å². The Bertz CT molecular complexity index is 157. The third kappa shape index (κ3) is 2.71. The number of aliphatic carboxylic acids is 1. The van der Waals surface area contributed by atoms with Gasteiger partial charge in [-0.15, -0.1) is 0 Å². The average Bonchev–Trinajstić information content (AvgIpc) is 1.82. The lowest BCUT2D eigenvalue weighted by Gasteiger charge is -2.14. The Morgan fingerprint density at radius 2 is 1.82 bits per heavy atom. The first-order chi connectivity index (χ1) is 4.76. The van der Waals surface area contributed by atoms with E-state index < -0.39 is 24.4 Å². The highest BCUT2D eigenvalue weighted by Gasteiger charge is 2.46. The number of hydrogen-bond acceptors (Lipinski definition) is 2. The van der Waals surface area contributed by atoms with Crippen molar-refractivity contribution in [3.05, 3.63) is 0 Å². The molecule has 11 heavy (non-hydrogen) atoms. The molecule has 3 nitrogen and oxygen atoms in total. The third-order valence-electron chi connectivity index (χ3n) is 0.913. The summed E-state index contributed by atoms with van der Waals surface area (Å²) in [6.45, 7) is 0. The summed E-state index contributed by atoms with van der Waals surface area (Å²) in [5.74, 6) is -2.02. The minimum Gasteiger partial charge on any atom is -0.480 e. The van der Waals surface area contributed by atoms with Crippen molar-refractivity contribution < 1.29 is 27.5 Å². The second kappa shape index (κ2) is 3.04. The highest BCUT2D eigenvalue weighted by molar-refractivity contribution is 5.74. The summed E-state index contributed by atoms with van der Waals surface area (Å²) in [5.41, 5.74) is 4.35. The first kappa shape index (κ1) is 10.2. The van der Waals surface area contributed by atoms with E-state index >= 15 is 0 Å². The lowest BCUT2D eigenvalue weighted by Crippen LogP contribution is -2.47. The van der Waals surface area contributed by atoms with Crippen LogP contribution >= 0.6 is 0 Å². The van der Waals surface area contributed by atoms with Crippen LogP contribution in [0.25, 0.3) is 0 Å². The molecule has 0 fully saturated rings. The Kier molecular flexibility index (Phi) is 2.80. The number of nitrogens with two attached hydrogens (primary N) is 1. The van der Waals surface area contributed by atoms with Crippen molar-refractivity contribution >= 4 is 5.97 Å². The molecule has 2 atom stereocenters. The van der Waals surface area contributed by atoms with Crippen molar-refractivity contribution in [3.8, 4) is 0 Å². The van der Waals surface area contributed by atoms with Crippen molar-refractivity contribution in [3.63, 3.8) is 0 Å². The van der Waals surface area contributed by atoms with Gasteiger partial charge in [-0.3, -0.25) is 4.79 Å². The Balaban J connectivity index is 4.25. The quantitative estimate of drug-likeness (QED) is 0.593. The molecular weight excluding hydrogens is 170 g/mol. The minimum absolute atomic E-state index is 2.02. The Morgan fingerprint density at radius 3 is 1.91 bits per heavy atom. The van der Waals surface area contributed by atoms with Crippen LogP contribution in [0.4, 0.5) is 17.6 Å². The van der Waals surface area contributed by atoms with Gasteiger partial charge in [0.25, 0.3) is 0 Å². The zero-order valence-electron chi connectivity index (χ0n) is 5.10. The van der Waals surface area contributed by atoms with E-state index in [0.29, 0.717) is 0 Å². The number of carboxylic acid groups (broad SMARTS) is 1. The van der Waals surface area contributed by atoms with Crippen LogP contribution in [0.1, 0.15) is 0 Å². The summed E-state index contributed by atoms with van der Waals surface area (Å²) in [5, 5.41) is 7.85. The average molecular weight is 175 g/mol. The largest absolute Gasteiger partial charge is 0.480 e. The van der Waals surface area contributed by atoms with Gasteiger partial charge in [0.05, 0.1) is 0 Å². The molecule has 0 amide bonds. The lowest BCUT2D eigenvalue weighted by atomic mass is 10.2. The van der Waals surface area contributed by atoms with E-state index in [1.54, 1.807) is 0 Å². The van der Waals surface area contributed by atoms with Crippen molar-refractivity contribution in [2.45, 2.75) is 18.4 Å². The van der Waals surface area contributed by atoms with Gasteiger partial charge < -0.3 is 10.8 Å². The van der Waals surface area contributed by atoms with E-state index in [-0.39, 0.29) is 0 Å². The molecule has 3 N–H and O–H groups in total. The normalized spacial score (nSPS) is 17.5. The van der Waals surface area contributed by atoms with Crippen LogP contribution in [0.15, 0.2) is 0 Å². The van der Waals surface area contributed by atoms with E-state index in [1.807, 2.05) is 0 Å². The second-order valence-electron chi connectivity index (χ2n) is 1.81. The molecule has 0 saturated heterocycles. The van der Waals surface area contributed by atoms with Crippen LogP contribution in [0.5, 0.6) is 0 Å². The number of rotatable bonds is 2. The number of alkyl halides is 4. The number of carboxylic acids is 1. The summed E-state index contributed by atoms with van der Waals surface area (Å²) in [4.78, 5) is 9.72. The van der Waals surface area contributed by atoms with Crippen molar-refractivity contribution in [1.82, 2.24) is 0 Å². The fourth-order valence-corrected chi connectivity index (χ4v) is 0.329. The van der Waals surface area contributed by atoms with Crippen LogP contribution in [-0.2, 0) is 4.79 Å². The Labute approximate surface area is 58.8 Å². The topological polar surface area (TPSA) is 63.3 Å². The number of carbonyl (C=O) groups is 1. The molecule has 0 aromatic heterocycles. The summed E-state index contributed by atoms with van der Waals surface area (Å²) in [7, 11) is 0. The molecule has 0 radical (unpaired) electrons. The van der Waals surface area contributed by atoms with Crippen LogP contribution in [0.2, 0.25) is 0 Å². The summed E-state index contributed by atoms with van der Waals surface area (Å²) in [6, 6.07) is -2.55. The molecule has 0 saturated carbocycles. The second-order valence-corrected chi connectivity index (χ2v) is 1.81. The fourth-order valence-electron chi connectivity index (χ4n) is 0.329. The van der Waals surface area contributed by atoms with E-state index in [1.165, 1.54) is 0 Å². The SMILES string of the molecule is NC(C(=O)O)C(F)C(F)(F)F. The molecule has 0 spiro atoms. The predicted molar refractivity (Wildman–Crippen MR) is 26.6 cm³/mol. The van der Waals surface area contributed by atoms with Crippen LogP contribution < -0.4 is 5.73 Å². The Hall–Kier alpha value is -0.850. The van der Waals surface area contributed by atoms with Gasteiger partial charge in [0.15, 0.2) is 0 Å². The van der Waals surface area contributed by atoms with Gasteiger partial charge in [-0.25, -0.2) is 4.39 Å². The van der Waals surface area contributed by atoms with Gasteiger partial charge in [0, 0.05) is 0 Å². The molecule has 0 aliphatic carbocycles. The van der Waals surface area contributed by atoms with Gasteiger partial charge in [0.1, 0.15) is 6.04 Å². The smallest absolute Gasteiger partial charge is 0.421 e. The molecule has 7 heteroatoms. The van der Waals surface area contributed by atoms with Gasteiger partial charge in [0.2, 0.25) is 6.17 Å². The highest BCUT2D eigenvalue weighted by Crippen LogP contribution is 2.24. The third-order valence-corrected chi connectivity index (χ3v) is 0.913. The molecule has 0 aromatic carbocycles. The summed E-state index contributed by atoms with van der Waals surface area (Å²) in [6.07, 6.45) is -8.72. The van der Waals surface area contributed by atoms with E-state index in [2.05, 4.69) is 5.73 Å². The maximum absolute atomic E-state index is 11.9. The maximum atomic E-state index is 11.9. The summed E-state index contributed by atoms with van der Waals surface area (Å²) < 4.78 is 45.9. The molecule has 0 aromatic rings. The molecule has 0 aliphatic rings. The monoisotopic (exact) mass is 175 g/mol. The Morgan fingerprint density at radius 1 is 1.45 bits per heavy atom. The number of halogens is 4. The number of hydrogen-bond donors (Lipinski definition) is 2. The standard InChI is InChI=1S/C4H5F4NO2/c5-2(4(6,7)8)1(9)3(10)11/h1-2H,9H2,(H,10,11). The zero-order chi connectivity index (χ0) is 9.23. The zero-order valence-corrected chi connectivity index (χ0v) is 5.10. The fraction of sp³-hybridized carbons (Fsp3) is 0.750. The molecule has 0 bridgehead atoms.